The van der Waals surface area contributed by atoms with Crippen LogP contribution in [0.5, 0.6) is 0 Å². The van der Waals surface area contributed by atoms with Crippen LogP contribution >= 0.6 is 15.9 Å². The largest absolute Gasteiger partial charge is 0.422 e. The van der Waals surface area contributed by atoms with Crippen LogP contribution < -0.4 is 5.73 Å². The Morgan fingerprint density at radius 1 is 1.33 bits per heavy atom. The number of anilines is 1. The van der Waals surface area contributed by atoms with E-state index in [2.05, 4.69) is 41.7 Å². The molecule has 0 aliphatic heterocycles. The third-order valence-corrected chi connectivity index (χ3v) is 2.92. The highest BCUT2D eigenvalue weighted by molar-refractivity contribution is 9.10. The van der Waals surface area contributed by atoms with Crippen molar-refractivity contribution in [1.82, 2.24) is 4.98 Å². The van der Waals surface area contributed by atoms with Gasteiger partial charge in [0.2, 0.25) is 0 Å². The first-order valence-corrected chi connectivity index (χ1v) is 5.53. The van der Waals surface area contributed by atoms with Gasteiger partial charge in [0.15, 0.2) is 5.58 Å². The summed E-state index contributed by atoms with van der Waals surface area (Å²) in [5.74, 6) is 0. The summed E-state index contributed by atoms with van der Waals surface area (Å²) in [6.07, 6.45) is 0. The van der Waals surface area contributed by atoms with E-state index >= 15 is 0 Å². The normalized spacial score (nSPS) is 12.3. The fraction of sp³-hybridized carbons (Fsp3) is 0.364. The Morgan fingerprint density at radius 3 is 2.60 bits per heavy atom. The minimum atomic E-state index is 0.0877. The lowest BCUT2D eigenvalue weighted by Crippen LogP contribution is -2.10. The van der Waals surface area contributed by atoms with E-state index in [0.717, 1.165) is 9.99 Å². The van der Waals surface area contributed by atoms with Crippen LogP contribution in [0.4, 0.5) is 6.01 Å². The number of hydrogen-bond acceptors (Lipinski definition) is 3. The Labute approximate surface area is 96.8 Å². The zero-order valence-electron chi connectivity index (χ0n) is 8.97. The molecule has 3 nitrogen and oxygen atoms in total. The molecule has 80 valence electrons. The van der Waals surface area contributed by atoms with E-state index in [4.69, 9.17) is 10.2 Å². The molecular formula is C11H13BrN2O. The number of aromatic nitrogens is 1. The minimum Gasteiger partial charge on any atom is -0.422 e. The predicted molar refractivity (Wildman–Crippen MR) is 64.8 cm³/mol. The quantitative estimate of drug-likeness (QED) is 0.796. The zero-order chi connectivity index (χ0) is 11.2. The fourth-order valence-corrected chi connectivity index (χ4v) is 1.97. The molecule has 0 unspecified atom stereocenters. The molecule has 2 N–H and O–H groups in total. The summed E-state index contributed by atoms with van der Waals surface area (Å²) in [5.41, 5.74) is 8.32. The molecule has 0 saturated heterocycles. The second-order valence-electron chi connectivity index (χ2n) is 4.61. The van der Waals surface area contributed by atoms with Crippen molar-refractivity contribution >= 4 is 33.0 Å². The van der Waals surface area contributed by atoms with Crippen LogP contribution in [0.25, 0.3) is 11.1 Å². The van der Waals surface area contributed by atoms with E-state index in [1.165, 1.54) is 5.56 Å². The Hall–Kier alpha value is -1.03. The molecule has 1 heterocycles. The molecule has 1 aromatic heterocycles. The van der Waals surface area contributed by atoms with Crippen molar-refractivity contribution in [3.63, 3.8) is 0 Å². The second kappa shape index (κ2) is 3.23. The summed E-state index contributed by atoms with van der Waals surface area (Å²) in [4.78, 5) is 4.13. The first kappa shape index (κ1) is 10.5. The lowest BCUT2D eigenvalue weighted by atomic mass is 9.87. The van der Waals surface area contributed by atoms with E-state index in [0.29, 0.717) is 5.58 Å². The summed E-state index contributed by atoms with van der Waals surface area (Å²) in [5, 5.41) is 0. The lowest BCUT2D eigenvalue weighted by molar-refractivity contribution is 0.589. The van der Waals surface area contributed by atoms with E-state index in [-0.39, 0.29) is 11.4 Å². The number of oxazole rings is 1. The minimum absolute atomic E-state index is 0.0877. The molecule has 15 heavy (non-hydrogen) atoms. The van der Waals surface area contributed by atoms with Gasteiger partial charge < -0.3 is 10.2 Å². The smallest absolute Gasteiger partial charge is 0.293 e. The van der Waals surface area contributed by atoms with Crippen molar-refractivity contribution in [2.75, 3.05) is 5.73 Å². The molecule has 0 spiro atoms. The van der Waals surface area contributed by atoms with Crippen LogP contribution in [0.1, 0.15) is 26.3 Å². The fourth-order valence-electron chi connectivity index (χ4n) is 1.44. The molecule has 2 aromatic rings. The molecular weight excluding hydrogens is 256 g/mol. The molecule has 0 saturated carbocycles. The Bertz CT molecular complexity index is 511. The summed E-state index contributed by atoms with van der Waals surface area (Å²) in [7, 11) is 0. The number of nitrogens with two attached hydrogens (primary N) is 1. The summed E-state index contributed by atoms with van der Waals surface area (Å²) < 4.78 is 6.18. The average molecular weight is 269 g/mol. The third-order valence-electron chi connectivity index (χ3n) is 2.33. The predicted octanol–water partition coefficient (Wildman–Crippen LogP) is 3.47. The van der Waals surface area contributed by atoms with Gasteiger partial charge in [-0.15, -0.1) is 0 Å². The van der Waals surface area contributed by atoms with Gasteiger partial charge in [0.1, 0.15) is 5.52 Å². The molecule has 0 aliphatic carbocycles. The van der Waals surface area contributed by atoms with Crippen molar-refractivity contribution in [1.29, 1.82) is 0 Å². The number of nitrogens with zero attached hydrogens (tertiary/aromatic N) is 1. The van der Waals surface area contributed by atoms with Gasteiger partial charge in [-0.25, -0.2) is 0 Å². The van der Waals surface area contributed by atoms with Crippen molar-refractivity contribution in [3.8, 4) is 0 Å². The maximum Gasteiger partial charge on any atom is 0.293 e. The number of hydrogen-bond donors (Lipinski definition) is 1. The lowest BCUT2D eigenvalue weighted by Gasteiger charge is -2.18. The Morgan fingerprint density at radius 2 is 2.00 bits per heavy atom. The van der Waals surface area contributed by atoms with Crippen LogP contribution in [-0.4, -0.2) is 4.98 Å². The monoisotopic (exact) mass is 268 g/mol. The van der Waals surface area contributed by atoms with E-state index in [9.17, 15) is 0 Å². The third kappa shape index (κ3) is 1.86. The second-order valence-corrected chi connectivity index (χ2v) is 5.46. The molecule has 0 aliphatic rings. The van der Waals surface area contributed by atoms with Gasteiger partial charge in [0.05, 0.1) is 4.47 Å². The van der Waals surface area contributed by atoms with Crippen molar-refractivity contribution in [3.05, 3.63) is 22.2 Å². The molecule has 0 bridgehead atoms. The maximum absolute atomic E-state index is 5.52. The van der Waals surface area contributed by atoms with Gasteiger partial charge in [-0.2, -0.15) is 4.98 Å². The molecule has 0 amide bonds. The van der Waals surface area contributed by atoms with Gasteiger partial charge in [-0.05, 0) is 39.0 Å². The van der Waals surface area contributed by atoms with Gasteiger partial charge in [-0.1, -0.05) is 20.8 Å². The summed E-state index contributed by atoms with van der Waals surface area (Å²) in [6, 6.07) is 4.27. The highest BCUT2D eigenvalue weighted by Gasteiger charge is 2.17. The van der Waals surface area contributed by atoms with Gasteiger partial charge in [0.25, 0.3) is 6.01 Å². The van der Waals surface area contributed by atoms with Crippen molar-refractivity contribution in [2.45, 2.75) is 26.2 Å². The van der Waals surface area contributed by atoms with E-state index < -0.39 is 0 Å². The number of rotatable bonds is 0. The molecule has 0 atom stereocenters. The number of halogens is 1. The number of nitrogen functional groups attached to an aromatic ring is 1. The first-order valence-electron chi connectivity index (χ1n) is 4.74. The zero-order valence-corrected chi connectivity index (χ0v) is 10.6. The van der Waals surface area contributed by atoms with Crippen molar-refractivity contribution in [2.24, 2.45) is 0 Å². The SMILES string of the molecule is CC(C)(C)c1cc(Br)c2oc(N)nc2c1. The molecule has 2 rings (SSSR count). The standard InChI is InChI=1S/C11H13BrN2O/c1-11(2,3)6-4-7(12)9-8(5-6)14-10(13)15-9/h4-5H,1-3H3,(H2,13,14). The first-order chi connectivity index (χ1) is 6.88. The van der Waals surface area contributed by atoms with Gasteiger partial charge in [-0.3, -0.25) is 0 Å². The maximum atomic E-state index is 5.52. The van der Waals surface area contributed by atoms with E-state index in [1.54, 1.807) is 0 Å². The van der Waals surface area contributed by atoms with Gasteiger partial charge >= 0.3 is 0 Å². The van der Waals surface area contributed by atoms with Crippen LogP contribution in [0.15, 0.2) is 21.0 Å². The van der Waals surface area contributed by atoms with Crippen LogP contribution in [0.2, 0.25) is 0 Å². The van der Waals surface area contributed by atoms with Crippen LogP contribution in [-0.2, 0) is 5.41 Å². The topological polar surface area (TPSA) is 52.0 Å². The Balaban J connectivity index is 2.72. The van der Waals surface area contributed by atoms with Crippen LogP contribution in [0.3, 0.4) is 0 Å². The van der Waals surface area contributed by atoms with Crippen molar-refractivity contribution < 1.29 is 4.42 Å². The number of fused-ring (bicyclic) bond motifs is 1. The highest BCUT2D eigenvalue weighted by Crippen LogP contribution is 2.32. The van der Waals surface area contributed by atoms with Crippen LogP contribution in [0, 0.1) is 0 Å². The highest BCUT2D eigenvalue weighted by atomic mass is 79.9. The van der Waals surface area contributed by atoms with Gasteiger partial charge in [0, 0.05) is 0 Å². The summed E-state index contributed by atoms with van der Waals surface area (Å²) in [6.45, 7) is 6.47. The molecule has 0 fully saturated rings. The molecule has 0 radical (unpaired) electrons. The number of benzene rings is 1. The average Bonchev–Trinajstić information content (AvgIpc) is 2.44. The van der Waals surface area contributed by atoms with E-state index in [1.807, 2.05) is 12.1 Å². The molecule has 4 heteroatoms. The Kier molecular flexibility index (Phi) is 2.26. The molecule has 1 aromatic carbocycles. The summed E-state index contributed by atoms with van der Waals surface area (Å²) >= 11 is 3.46.